The Morgan fingerprint density at radius 3 is 2.80 bits per heavy atom. The Morgan fingerprint density at radius 2 is 2.40 bits per heavy atom. The first-order valence-corrected chi connectivity index (χ1v) is 3.95. The van der Waals surface area contributed by atoms with Crippen LogP contribution in [0.5, 0.6) is 0 Å². The van der Waals surface area contributed by atoms with E-state index in [1.165, 1.54) is 0 Å². The molecule has 0 amide bonds. The van der Waals surface area contributed by atoms with Gasteiger partial charge in [-0.2, -0.15) is 0 Å². The molecule has 1 aromatic rings. The summed E-state index contributed by atoms with van der Waals surface area (Å²) < 4.78 is 2.07. The Bertz CT molecular complexity index is 205. The van der Waals surface area contributed by atoms with Crippen LogP contribution in [0.3, 0.4) is 0 Å². The van der Waals surface area contributed by atoms with Crippen molar-refractivity contribution in [1.29, 1.82) is 0 Å². The summed E-state index contributed by atoms with van der Waals surface area (Å²) in [4.78, 5) is 0. The predicted molar refractivity (Wildman–Crippen MR) is 44.4 cm³/mol. The maximum absolute atomic E-state index is 5.88. The van der Waals surface area contributed by atoms with Crippen LogP contribution in [0, 0.1) is 0 Å². The minimum absolute atomic E-state index is 0.516. The fourth-order valence-electron chi connectivity index (χ4n) is 0.927. The van der Waals surface area contributed by atoms with Gasteiger partial charge in [0.1, 0.15) is 5.15 Å². The molecule has 56 valence electrons. The molecule has 0 aliphatic heterocycles. The van der Waals surface area contributed by atoms with Gasteiger partial charge in [0.15, 0.2) is 0 Å². The molecule has 0 saturated heterocycles. The van der Waals surface area contributed by atoms with Crippen LogP contribution in [0.4, 0.5) is 0 Å². The smallest absolute Gasteiger partial charge is 0.109 e. The van der Waals surface area contributed by atoms with Crippen molar-refractivity contribution in [2.45, 2.75) is 26.3 Å². The second-order valence-electron chi connectivity index (χ2n) is 2.50. The minimum Gasteiger partial charge on any atom is -0.336 e. The molecule has 0 radical (unpaired) electrons. The molecule has 0 aromatic carbocycles. The van der Waals surface area contributed by atoms with E-state index in [0.29, 0.717) is 6.04 Å². The van der Waals surface area contributed by atoms with Crippen molar-refractivity contribution in [2.24, 2.45) is 0 Å². The van der Waals surface area contributed by atoms with Crippen molar-refractivity contribution in [1.82, 2.24) is 4.57 Å². The van der Waals surface area contributed by atoms with E-state index < -0.39 is 0 Å². The fraction of sp³-hybridized carbons (Fsp3) is 0.500. The van der Waals surface area contributed by atoms with E-state index in [2.05, 4.69) is 18.4 Å². The van der Waals surface area contributed by atoms with Gasteiger partial charge in [-0.15, -0.1) is 0 Å². The molecule has 1 nitrogen and oxygen atoms in total. The van der Waals surface area contributed by atoms with Gasteiger partial charge < -0.3 is 4.57 Å². The number of hydrogen-bond acceptors (Lipinski definition) is 0. The average molecular weight is 158 g/mol. The normalized spacial score (nSPS) is 13.5. The Morgan fingerprint density at radius 1 is 1.70 bits per heavy atom. The summed E-state index contributed by atoms with van der Waals surface area (Å²) in [6.45, 7) is 4.31. The molecule has 0 aliphatic rings. The van der Waals surface area contributed by atoms with Crippen molar-refractivity contribution in [3.63, 3.8) is 0 Å². The number of rotatable bonds is 2. The zero-order valence-electron chi connectivity index (χ0n) is 6.34. The molecule has 0 spiro atoms. The summed E-state index contributed by atoms with van der Waals surface area (Å²) in [7, 11) is 0. The molecule has 0 N–H and O–H groups in total. The van der Waals surface area contributed by atoms with Crippen molar-refractivity contribution in [2.75, 3.05) is 0 Å². The first-order chi connectivity index (χ1) is 4.75. The summed E-state index contributed by atoms with van der Waals surface area (Å²) >= 11 is 5.88. The molecule has 1 atom stereocenters. The molecule has 0 fully saturated rings. The molecule has 1 rings (SSSR count). The van der Waals surface area contributed by atoms with Crippen molar-refractivity contribution in [3.05, 3.63) is 23.5 Å². The van der Waals surface area contributed by atoms with Crippen LogP contribution in [0.2, 0.25) is 5.15 Å². The fourth-order valence-corrected chi connectivity index (χ4v) is 1.22. The highest BCUT2D eigenvalue weighted by atomic mass is 35.5. The topological polar surface area (TPSA) is 4.93 Å². The number of aromatic nitrogens is 1. The number of hydrogen-bond donors (Lipinski definition) is 0. The van der Waals surface area contributed by atoms with Crippen LogP contribution < -0.4 is 0 Å². The first kappa shape index (κ1) is 7.67. The van der Waals surface area contributed by atoms with Gasteiger partial charge in [0.05, 0.1) is 0 Å². The molecular formula is C8H12ClN. The summed E-state index contributed by atoms with van der Waals surface area (Å²) in [5.41, 5.74) is 0. The van der Waals surface area contributed by atoms with Gasteiger partial charge in [0, 0.05) is 12.2 Å². The van der Waals surface area contributed by atoms with Crippen LogP contribution in [0.15, 0.2) is 18.3 Å². The Balaban J connectivity index is 2.82. The largest absolute Gasteiger partial charge is 0.336 e. The highest BCUT2D eigenvalue weighted by Crippen LogP contribution is 2.17. The Kier molecular flexibility index (Phi) is 2.39. The van der Waals surface area contributed by atoms with Crippen LogP contribution in [0.1, 0.15) is 26.3 Å². The van der Waals surface area contributed by atoms with Crippen molar-refractivity contribution in [3.8, 4) is 0 Å². The van der Waals surface area contributed by atoms with E-state index in [0.717, 1.165) is 11.6 Å². The number of halogens is 1. The highest BCUT2D eigenvalue weighted by molar-refractivity contribution is 6.29. The van der Waals surface area contributed by atoms with Crippen LogP contribution in [-0.4, -0.2) is 4.57 Å². The summed E-state index contributed by atoms with van der Waals surface area (Å²) in [5.74, 6) is 0. The monoisotopic (exact) mass is 157 g/mol. The van der Waals surface area contributed by atoms with Crippen LogP contribution >= 0.6 is 11.6 Å². The molecule has 10 heavy (non-hydrogen) atoms. The highest BCUT2D eigenvalue weighted by Gasteiger charge is 2.02. The van der Waals surface area contributed by atoms with E-state index in [1.54, 1.807) is 0 Å². The molecular weight excluding hydrogens is 146 g/mol. The lowest BCUT2D eigenvalue weighted by Crippen LogP contribution is -2.01. The van der Waals surface area contributed by atoms with Gasteiger partial charge in [0.2, 0.25) is 0 Å². The number of nitrogens with zero attached hydrogens (tertiary/aromatic N) is 1. The molecule has 1 heterocycles. The van der Waals surface area contributed by atoms with Gasteiger partial charge >= 0.3 is 0 Å². The SMILES string of the molecule is CCC(C)n1cccc1Cl. The Labute approximate surface area is 66.6 Å². The zero-order chi connectivity index (χ0) is 7.56. The third-order valence-electron chi connectivity index (χ3n) is 1.79. The second kappa shape index (κ2) is 3.11. The minimum atomic E-state index is 0.516. The lowest BCUT2D eigenvalue weighted by Gasteiger charge is -2.11. The summed E-state index contributed by atoms with van der Waals surface area (Å²) in [6.07, 6.45) is 3.13. The second-order valence-corrected chi connectivity index (χ2v) is 2.88. The van der Waals surface area contributed by atoms with E-state index in [4.69, 9.17) is 11.6 Å². The maximum Gasteiger partial charge on any atom is 0.109 e. The first-order valence-electron chi connectivity index (χ1n) is 3.58. The van der Waals surface area contributed by atoms with E-state index in [-0.39, 0.29) is 0 Å². The molecule has 0 bridgehead atoms. The summed E-state index contributed by atoms with van der Waals surface area (Å²) in [5, 5.41) is 0.828. The summed E-state index contributed by atoms with van der Waals surface area (Å²) in [6, 6.07) is 4.39. The molecule has 1 unspecified atom stereocenters. The van der Waals surface area contributed by atoms with Gasteiger partial charge in [0.25, 0.3) is 0 Å². The molecule has 0 aliphatic carbocycles. The predicted octanol–water partition coefficient (Wildman–Crippen LogP) is 3.11. The van der Waals surface area contributed by atoms with Gasteiger partial charge in [-0.25, -0.2) is 0 Å². The van der Waals surface area contributed by atoms with Gasteiger partial charge in [-0.1, -0.05) is 18.5 Å². The third kappa shape index (κ3) is 1.35. The average Bonchev–Trinajstić information content (AvgIpc) is 2.34. The van der Waals surface area contributed by atoms with Crippen molar-refractivity contribution < 1.29 is 0 Å². The third-order valence-corrected chi connectivity index (χ3v) is 2.11. The molecule has 0 saturated carbocycles. The molecule has 2 heteroatoms. The van der Waals surface area contributed by atoms with Crippen LogP contribution in [0.25, 0.3) is 0 Å². The van der Waals surface area contributed by atoms with E-state index in [9.17, 15) is 0 Å². The van der Waals surface area contributed by atoms with Crippen molar-refractivity contribution >= 4 is 11.6 Å². The maximum atomic E-state index is 5.88. The molecule has 1 aromatic heterocycles. The quantitative estimate of drug-likeness (QED) is 0.622. The van der Waals surface area contributed by atoms with Crippen LogP contribution in [-0.2, 0) is 0 Å². The lowest BCUT2D eigenvalue weighted by atomic mass is 10.3. The van der Waals surface area contributed by atoms with Gasteiger partial charge in [-0.05, 0) is 25.5 Å². The van der Waals surface area contributed by atoms with Gasteiger partial charge in [-0.3, -0.25) is 0 Å². The van der Waals surface area contributed by atoms with E-state index >= 15 is 0 Å². The lowest BCUT2D eigenvalue weighted by molar-refractivity contribution is 0.534. The standard InChI is InChI=1S/C8H12ClN/c1-3-7(2)10-6-4-5-8(10)9/h4-7H,3H2,1-2H3. The Hall–Kier alpha value is -0.430. The van der Waals surface area contributed by atoms with E-state index in [1.807, 2.05) is 18.3 Å². The zero-order valence-corrected chi connectivity index (χ0v) is 7.10.